The molecule has 14 heavy (non-hydrogen) atoms. The van der Waals surface area contributed by atoms with E-state index in [4.69, 9.17) is 14.9 Å². The molecule has 0 heterocycles. The molecular formula is C10H10O4. The van der Waals surface area contributed by atoms with Gasteiger partial charge < -0.3 is 14.9 Å². The number of aliphatic hydroxyl groups excluding tert-OH is 1. The molecule has 0 aliphatic carbocycles. The van der Waals surface area contributed by atoms with Crippen LogP contribution in [-0.4, -0.2) is 22.8 Å². The number of carboxylic acid groups (broad SMARTS) is 1. The van der Waals surface area contributed by atoms with Crippen LogP contribution in [-0.2, 0) is 0 Å². The molecular weight excluding hydrogens is 184 g/mol. The van der Waals surface area contributed by atoms with Gasteiger partial charge in [0, 0.05) is 0 Å². The van der Waals surface area contributed by atoms with Gasteiger partial charge in [-0.05, 0) is 30.3 Å². The summed E-state index contributed by atoms with van der Waals surface area (Å²) in [6.45, 7) is 0.253. The lowest BCUT2D eigenvalue weighted by Gasteiger charge is -2.02. The first-order valence-corrected chi connectivity index (χ1v) is 3.99. The zero-order valence-electron chi connectivity index (χ0n) is 7.38. The van der Waals surface area contributed by atoms with Crippen molar-refractivity contribution >= 4 is 5.97 Å². The first-order chi connectivity index (χ1) is 6.74. The predicted octanol–water partition coefficient (Wildman–Crippen LogP) is 1.84. The van der Waals surface area contributed by atoms with Crippen molar-refractivity contribution in [3.8, 4) is 5.75 Å². The molecule has 1 aromatic rings. The third-order valence-electron chi connectivity index (χ3n) is 1.55. The lowest BCUT2D eigenvalue weighted by molar-refractivity contribution is 0.0697. The Kier molecular flexibility index (Phi) is 3.55. The fourth-order valence-electron chi connectivity index (χ4n) is 0.881. The topological polar surface area (TPSA) is 66.8 Å². The Morgan fingerprint density at radius 2 is 2.00 bits per heavy atom. The van der Waals surface area contributed by atoms with Gasteiger partial charge >= 0.3 is 5.97 Å². The molecule has 0 unspecified atom stereocenters. The molecule has 0 aromatic heterocycles. The molecule has 0 aliphatic rings. The lowest BCUT2D eigenvalue weighted by Crippen LogP contribution is -1.97. The summed E-state index contributed by atoms with van der Waals surface area (Å²) in [5.74, 6) is -0.403. The van der Waals surface area contributed by atoms with Crippen molar-refractivity contribution in [1.82, 2.24) is 0 Å². The summed E-state index contributed by atoms with van der Waals surface area (Å²) in [5, 5.41) is 16.9. The van der Waals surface area contributed by atoms with Crippen molar-refractivity contribution in [2.75, 3.05) is 6.61 Å². The Bertz CT molecular complexity index is 326. The fraction of sp³-hybridized carbons (Fsp3) is 0.100. The minimum atomic E-state index is -0.966. The monoisotopic (exact) mass is 194 g/mol. The summed E-state index contributed by atoms with van der Waals surface area (Å²) in [7, 11) is 0. The van der Waals surface area contributed by atoms with Gasteiger partial charge in [-0.3, -0.25) is 0 Å². The Balaban J connectivity index is 2.59. The molecule has 0 aliphatic heterocycles. The largest absolute Gasteiger partial charge is 0.516 e. The van der Waals surface area contributed by atoms with Gasteiger partial charge in [-0.1, -0.05) is 0 Å². The summed E-state index contributed by atoms with van der Waals surface area (Å²) < 4.78 is 5.14. The lowest BCUT2D eigenvalue weighted by atomic mass is 10.2. The van der Waals surface area contributed by atoms with Crippen molar-refractivity contribution in [1.29, 1.82) is 0 Å². The van der Waals surface area contributed by atoms with Crippen molar-refractivity contribution in [2.24, 2.45) is 0 Å². The van der Waals surface area contributed by atoms with Crippen LogP contribution in [0.25, 0.3) is 0 Å². The molecule has 0 bridgehead atoms. The highest BCUT2D eigenvalue weighted by Gasteiger charge is 2.01. The number of rotatable bonds is 4. The number of hydrogen-bond donors (Lipinski definition) is 2. The van der Waals surface area contributed by atoms with Gasteiger partial charge in [-0.25, -0.2) is 4.79 Å². The maximum absolute atomic E-state index is 10.5. The van der Waals surface area contributed by atoms with Crippen LogP contribution in [0.3, 0.4) is 0 Å². The molecule has 0 amide bonds. The highest BCUT2D eigenvalue weighted by molar-refractivity contribution is 5.87. The van der Waals surface area contributed by atoms with E-state index in [9.17, 15) is 4.79 Å². The van der Waals surface area contributed by atoms with Crippen LogP contribution in [0.5, 0.6) is 5.75 Å². The van der Waals surface area contributed by atoms with Crippen LogP contribution in [0.1, 0.15) is 10.4 Å². The Labute approximate surface area is 81.1 Å². The van der Waals surface area contributed by atoms with Crippen molar-refractivity contribution in [2.45, 2.75) is 0 Å². The van der Waals surface area contributed by atoms with Gasteiger partial charge in [0.05, 0.1) is 11.8 Å². The van der Waals surface area contributed by atoms with E-state index in [2.05, 4.69) is 0 Å². The van der Waals surface area contributed by atoms with E-state index in [-0.39, 0.29) is 12.2 Å². The number of hydrogen-bond acceptors (Lipinski definition) is 3. The molecule has 0 atom stereocenters. The Hall–Kier alpha value is -1.97. The molecule has 4 nitrogen and oxygen atoms in total. The zero-order chi connectivity index (χ0) is 10.4. The number of ether oxygens (including phenoxy) is 1. The van der Waals surface area contributed by atoms with Crippen LogP contribution in [0.2, 0.25) is 0 Å². The van der Waals surface area contributed by atoms with Crippen molar-refractivity contribution < 1.29 is 19.7 Å². The van der Waals surface area contributed by atoms with E-state index in [1.54, 1.807) is 12.1 Å². The van der Waals surface area contributed by atoms with E-state index in [1.807, 2.05) is 0 Å². The van der Waals surface area contributed by atoms with Gasteiger partial charge in [-0.2, -0.15) is 0 Å². The van der Waals surface area contributed by atoms with Crippen LogP contribution < -0.4 is 4.74 Å². The molecule has 1 aromatic carbocycles. The Morgan fingerprint density at radius 3 is 2.50 bits per heavy atom. The molecule has 0 radical (unpaired) electrons. The maximum Gasteiger partial charge on any atom is 0.335 e. The summed E-state index contributed by atoms with van der Waals surface area (Å²) in [6.07, 6.45) is 2.33. The van der Waals surface area contributed by atoms with Crippen LogP contribution in [0.15, 0.2) is 36.6 Å². The first kappa shape index (κ1) is 10.1. The standard InChI is InChI=1S/C10H10O4/c11-6-1-7-14-9-4-2-8(3-5-9)10(12)13/h1-6,11H,7H2,(H,12,13). The molecule has 0 fully saturated rings. The van der Waals surface area contributed by atoms with Crippen molar-refractivity contribution in [3.05, 3.63) is 42.2 Å². The molecule has 0 saturated heterocycles. The summed E-state index contributed by atoms with van der Waals surface area (Å²) in [5.41, 5.74) is 0.218. The SMILES string of the molecule is O=C(O)c1ccc(OCC=CO)cc1. The molecule has 4 heteroatoms. The van der Waals surface area contributed by atoms with E-state index in [0.717, 1.165) is 6.26 Å². The molecule has 74 valence electrons. The fourth-order valence-corrected chi connectivity index (χ4v) is 0.881. The van der Waals surface area contributed by atoms with E-state index >= 15 is 0 Å². The predicted molar refractivity (Wildman–Crippen MR) is 50.7 cm³/mol. The second-order valence-corrected chi connectivity index (χ2v) is 2.53. The summed E-state index contributed by atoms with van der Waals surface area (Å²) in [6, 6.07) is 6.05. The number of benzene rings is 1. The van der Waals surface area contributed by atoms with E-state index in [1.165, 1.54) is 18.2 Å². The van der Waals surface area contributed by atoms with Gasteiger partial charge in [-0.15, -0.1) is 0 Å². The molecule has 0 spiro atoms. The van der Waals surface area contributed by atoms with E-state index < -0.39 is 5.97 Å². The average molecular weight is 194 g/mol. The number of carboxylic acids is 1. The highest BCUT2D eigenvalue weighted by Crippen LogP contribution is 2.11. The summed E-state index contributed by atoms with van der Waals surface area (Å²) in [4.78, 5) is 10.5. The zero-order valence-corrected chi connectivity index (χ0v) is 7.38. The second kappa shape index (κ2) is 4.91. The van der Waals surface area contributed by atoms with Crippen molar-refractivity contribution in [3.63, 3.8) is 0 Å². The number of aromatic carboxylic acids is 1. The van der Waals surface area contributed by atoms with Crippen LogP contribution in [0, 0.1) is 0 Å². The third-order valence-corrected chi connectivity index (χ3v) is 1.55. The van der Waals surface area contributed by atoms with Gasteiger partial charge in [0.1, 0.15) is 12.4 Å². The Morgan fingerprint density at radius 1 is 1.36 bits per heavy atom. The minimum Gasteiger partial charge on any atom is -0.516 e. The van der Waals surface area contributed by atoms with Gasteiger partial charge in [0.15, 0.2) is 0 Å². The molecule has 2 N–H and O–H groups in total. The third kappa shape index (κ3) is 2.82. The van der Waals surface area contributed by atoms with Gasteiger partial charge in [0.2, 0.25) is 0 Å². The smallest absolute Gasteiger partial charge is 0.335 e. The minimum absolute atomic E-state index is 0.218. The van der Waals surface area contributed by atoms with Crippen LogP contribution >= 0.6 is 0 Å². The quantitative estimate of drug-likeness (QED) is 0.717. The van der Waals surface area contributed by atoms with Crippen LogP contribution in [0.4, 0.5) is 0 Å². The highest BCUT2D eigenvalue weighted by atomic mass is 16.5. The average Bonchev–Trinajstić information content (AvgIpc) is 2.19. The maximum atomic E-state index is 10.5. The second-order valence-electron chi connectivity index (χ2n) is 2.53. The number of aliphatic hydroxyl groups is 1. The number of carbonyl (C=O) groups is 1. The molecule has 0 saturated carbocycles. The first-order valence-electron chi connectivity index (χ1n) is 3.99. The molecule has 1 rings (SSSR count). The van der Waals surface area contributed by atoms with Gasteiger partial charge in [0.25, 0.3) is 0 Å². The summed E-state index contributed by atoms with van der Waals surface area (Å²) >= 11 is 0. The normalized spacial score (nSPS) is 10.3. The van der Waals surface area contributed by atoms with E-state index in [0.29, 0.717) is 5.75 Å².